The second-order valence-electron chi connectivity index (χ2n) is 3.53. The number of rotatable bonds is 5. The van der Waals surface area contributed by atoms with E-state index in [-0.39, 0.29) is 0 Å². The van der Waals surface area contributed by atoms with Crippen molar-refractivity contribution in [3.05, 3.63) is 33.8 Å². The Morgan fingerprint density at radius 1 is 1.38 bits per heavy atom. The molecule has 0 aromatic heterocycles. The summed E-state index contributed by atoms with van der Waals surface area (Å²) < 4.78 is 0.860. The number of carboxylic acids is 1. The van der Waals surface area contributed by atoms with E-state index in [9.17, 15) is 4.79 Å². The fourth-order valence-electron chi connectivity index (χ4n) is 1.59. The van der Waals surface area contributed by atoms with Crippen LogP contribution in [0.4, 0.5) is 0 Å². The van der Waals surface area contributed by atoms with Gasteiger partial charge in [0.2, 0.25) is 0 Å². The van der Waals surface area contributed by atoms with E-state index in [0.29, 0.717) is 12.1 Å². The second-order valence-corrected chi connectivity index (χ2v) is 4.39. The Morgan fingerprint density at radius 2 is 2.00 bits per heavy atom. The van der Waals surface area contributed by atoms with Crippen LogP contribution in [0, 0.1) is 0 Å². The van der Waals surface area contributed by atoms with Gasteiger partial charge in [0, 0.05) is 11.0 Å². The standard InChI is InChI=1S/C12H16BrNO2/c1-3-14(4-2)8-10-9(12(15)16)6-5-7-11(10)13/h5-7H,3-4,8H2,1-2H3,(H,15,16). The monoisotopic (exact) mass is 285 g/mol. The van der Waals surface area contributed by atoms with Crippen LogP contribution in [0.15, 0.2) is 22.7 Å². The summed E-state index contributed by atoms with van der Waals surface area (Å²) in [6.45, 7) is 6.63. The van der Waals surface area contributed by atoms with Gasteiger partial charge >= 0.3 is 5.97 Å². The highest BCUT2D eigenvalue weighted by Gasteiger charge is 2.14. The first-order chi connectivity index (χ1) is 7.60. The fraction of sp³-hybridized carbons (Fsp3) is 0.417. The number of hydrogen-bond acceptors (Lipinski definition) is 2. The summed E-state index contributed by atoms with van der Waals surface area (Å²) in [7, 11) is 0. The molecule has 0 aliphatic carbocycles. The molecule has 16 heavy (non-hydrogen) atoms. The minimum absolute atomic E-state index is 0.376. The lowest BCUT2D eigenvalue weighted by Crippen LogP contribution is -2.23. The summed E-state index contributed by atoms with van der Waals surface area (Å²) >= 11 is 3.41. The SMILES string of the molecule is CCN(CC)Cc1c(Br)cccc1C(=O)O. The maximum absolute atomic E-state index is 11.1. The highest BCUT2D eigenvalue weighted by atomic mass is 79.9. The largest absolute Gasteiger partial charge is 0.478 e. The van der Waals surface area contributed by atoms with Crippen molar-refractivity contribution in [1.29, 1.82) is 0 Å². The first-order valence-corrected chi connectivity index (χ1v) is 6.12. The maximum atomic E-state index is 11.1. The zero-order chi connectivity index (χ0) is 12.1. The summed E-state index contributed by atoms with van der Waals surface area (Å²) in [5, 5.41) is 9.11. The Bertz CT molecular complexity index is 375. The minimum atomic E-state index is -0.872. The van der Waals surface area contributed by atoms with Crippen LogP contribution in [0.1, 0.15) is 29.8 Å². The van der Waals surface area contributed by atoms with Gasteiger partial charge in [0.15, 0.2) is 0 Å². The number of carbonyl (C=O) groups is 1. The molecule has 0 unspecified atom stereocenters. The molecule has 3 nitrogen and oxygen atoms in total. The van der Waals surface area contributed by atoms with Crippen molar-refractivity contribution >= 4 is 21.9 Å². The molecule has 0 bridgehead atoms. The van der Waals surface area contributed by atoms with Gasteiger partial charge in [-0.05, 0) is 30.8 Å². The predicted molar refractivity (Wildman–Crippen MR) is 67.7 cm³/mol. The Labute approximate surface area is 104 Å². The van der Waals surface area contributed by atoms with Gasteiger partial charge in [0.1, 0.15) is 0 Å². The normalized spacial score (nSPS) is 10.8. The Morgan fingerprint density at radius 3 is 2.50 bits per heavy atom. The zero-order valence-electron chi connectivity index (χ0n) is 9.53. The van der Waals surface area contributed by atoms with Gasteiger partial charge in [-0.2, -0.15) is 0 Å². The third-order valence-electron chi connectivity index (χ3n) is 2.63. The number of aromatic carboxylic acids is 1. The van der Waals surface area contributed by atoms with Gasteiger partial charge in [-0.25, -0.2) is 4.79 Å². The second kappa shape index (κ2) is 6.01. The lowest BCUT2D eigenvalue weighted by molar-refractivity contribution is 0.0694. The summed E-state index contributed by atoms with van der Waals surface area (Å²) in [6, 6.07) is 5.27. The van der Waals surface area contributed by atoms with Gasteiger partial charge in [-0.3, -0.25) is 4.90 Å². The van der Waals surface area contributed by atoms with Crippen LogP contribution in [0.2, 0.25) is 0 Å². The van der Waals surface area contributed by atoms with Crippen LogP contribution in [0.5, 0.6) is 0 Å². The van der Waals surface area contributed by atoms with Crippen LogP contribution < -0.4 is 0 Å². The summed E-state index contributed by atoms with van der Waals surface area (Å²) in [5.74, 6) is -0.872. The molecular formula is C12H16BrNO2. The van der Waals surface area contributed by atoms with E-state index in [1.165, 1.54) is 0 Å². The molecule has 88 valence electrons. The molecule has 1 aromatic carbocycles. The smallest absolute Gasteiger partial charge is 0.336 e. The maximum Gasteiger partial charge on any atom is 0.336 e. The summed E-state index contributed by atoms with van der Waals surface area (Å²) in [5.41, 5.74) is 1.22. The Kier molecular flexibility index (Phi) is 4.96. The van der Waals surface area contributed by atoms with Crippen molar-refractivity contribution in [2.24, 2.45) is 0 Å². The average Bonchev–Trinajstić information content (AvgIpc) is 2.27. The Hall–Kier alpha value is -0.870. The quantitative estimate of drug-likeness (QED) is 0.904. The van der Waals surface area contributed by atoms with Crippen molar-refractivity contribution in [3.63, 3.8) is 0 Å². The lowest BCUT2D eigenvalue weighted by Gasteiger charge is -2.20. The number of benzene rings is 1. The van der Waals surface area contributed by atoms with E-state index in [1.807, 2.05) is 6.07 Å². The van der Waals surface area contributed by atoms with E-state index >= 15 is 0 Å². The highest BCUT2D eigenvalue weighted by molar-refractivity contribution is 9.10. The van der Waals surface area contributed by atoms with Crippen LogP contribution >= 0.6 is 15.9 Å². The molecule has 0 aliphatic heterocycles. The zero-order valence-corrected chi connectivity index (χ0v) is 11.1. The van der Waals surface area contributed by atoms with Crippen LogP contribution in [0.3, 0.4) is 0 Å². The van der Waals surface area contributed by atoms with Crippen LogP contribution in [-0.4, -0.2) is 29.1 Å². The summed E-state index contributed by atoms with van der Waals surface area (Å²) in [6.07, 6.45) is 0. The molecule has 0 saturated heterocycles. The molecule has 0 saturated carbocycles. The molecule has 0 spiro atoms. The van der Waals surface area contributed by atoms with Crippen LogP contribution in [0.25, 0.3) is 0 Å². The number of hydrogen-bond donors (Lipinski definition) is 1. The third kappa shape index (κ3) is 3.06. The molecule has 0 radical (unpaired) electrons. The lowest BCUT2D eigenvalue weighted by atomic mass is 10.1. The predicted octanol–water partition coefficient (Wildman–Crippen LogP) is 2.99. The molecule has 1 aromatic rings. The number of halogens is 1. The number of carboxylic acid groups (broad SMARTS) is 1. The molecule has 4 heteroatoms. The molecule has 0 fully saturated rings. The highest BCUT2D eigenvalue weighted by Crippen LogP contribution is 2.22. The fourth-order valence-corrected chi connectivity index (χ4v) is 2.08. The minimum Gasteiger partial charge on any atom is -0.478 e. The van der Waals surface area contributed by atoms with E-state index < -0.39 is 5.97 Å². The first-order valence-electron chi connectivity index (χ1n) is 5.33. The molecule has 0 aliphatic rings. The number of nitrogens with zero attached hydrogens (tertiary/aromatic N) is 1. The van der Waals surface area contributed by atoms with Gasteiger partial charge in [0.05, 0.1) is 5.56 Å². The van der Waals surface area contributed by atoms with E-state index in [2.05, 4.69) is 34.7 Å². The Balaban J connectivity index is 3.05. The first kappa shape index (κ1) is 13.2. The van der Waals surface area contributed by atoms with E-state index in [0.717, 1.165) is 23.1 Å². The summed E-state index contributed by atoms with van der Waals surface area (Å²) in [4.78, 5) is 13.3. The van der Waals surface area contributed by atoms with Crippen molar-refractivity contribution in [3.8, 4) is 0 Å². The van der Waals surface area contributed by atoms with Crippen molar-refractivity contribution in [2.75, 3.05) is 13.1 Å². The molecule has 0 atom stereocenters. The van der Waals surface area contributed by atoms with Crippen molar-refractivity contribution in [1.82, 2.24) is 4.90 Å². The van der Waals surface area contributed by atoms with Crippen molar-refractivity contribution in [2.45, 2.75) is 20.4 Å². The van der Waals surface area contributed by atoms with Gasteiger partial charge in [-0.1, -0.05) is 35.8 Å². The van der Waals surface area contributed by atoms with Gasteiger partial charge in [-0.15, -0.1) is 0 Å². The van der Waals surface area contributed by atoms with Crippen molar-refractivity contribution < 1.29 is 9.90 Å². The molecule has 1 N–H and O–H groups in total. The topological polar surface area (TPSA) is 40.5 Å². The average molecular weight is 286 g/mol. The van der Waals surface area contributed by atoms with Crippen LogP contribution in [-0.2, 0) is 6.54 Å². The van der Waals surface area contributed by atoms with Gasteiger partial charge in [0.25, 0.3) is 0 Å². The van der Waals surface area contributed by atoms with E-state index in [1.54, 1.807) is 12.1 Å². The molecule has 1 rings (SSSR count). The molecular weight excluding hydrogens is 270 g/mol. The molecule has 0 amide bonds. The third-order valence-corrected chi connectivity index (χ3v) is 3.37. The molecule has 0 heterocycles. The van der Waals surface area contributed by atoms with Gasteiger partial charge < -0.3 is 5.11 Å². The van der Waals surface area contributed by atoms with E-state index in [4.69, 9.17) is 5.11 Å².